The maximum atomic E-state index is 12.6. The second-order valence-corrected chi connectivity index (χ2v) is 8.95. The van der Waals surface area contributed by atoms with E-state index in [0.717, 1.165) is 0 Å². The number of ether oxygens (including phenoxy) is 1. The Labute approximate surface area is 186 Å². The molecular formula is C24H27ClN2O4. The summed E-state index contributed by atoms with van der Waals surface area (Å²) in [5.74, 6) is -0.364. The Bertz CT molecular complexity index is 1130. The predicted molar refractivity (Wildman–Crippen MR) is 123 cm³/mol. The van der Waals surface area contributed by atoms with Crippen molar-refractivity contribution >= 4 is 28.5 Å². The Morgan fingerprint density at radius 1 is 1.13 bits per heavy atom. The summed E-state index contributed by atoms with van der Waals surface area (Å²) in [5.41, 5.74) is 0.820. The number of fused-ring (bicyclic) bond motifs is 1. The van der Waals surface area contributed by atoms with Crippen LogP contribution in [0, 0.1) is 0 Å². The van der Waals surface area contributed by atoms with Crippen molar-refractivity contribution in [1.82, 2.24) is 10.3 Å². The topological polar surface area (TPSA) is 91.4 Å². The maximum Gasteiger partial charge on any atom is 0.343 e. The molecule has 3 N–H and O–H groups in total. The van der Waals surface area contributed by atoms with Crippen LogP contribution in [0.25, 0.3) is 10.9 Å². The third kappa shape index (κ3) is 5.53. The van der Waals surface area contributed by atoms with Gasteiger partial charge in [-0.25, -0.2) is 4.79 Å². The molecule has 164 valence electrons. The van der Waals surface area contributed by atoms with Crippen molar-refractivity contribution in [2.75, 3.05) is 0 Å². The summed E-state index contributed by atoms with van der Waals surface area (Å²) in [6, 6.07) is 12.5. The van der Waals surface area contributed by atoms with E-state index in [0.29, 0.717) is 33.5 Å². The van der Waals surface area contributed by atoms with Gasteiger partial charge in [0.15, 0.2) is 5.75 Å². The Balaban J connectivity index is 2.01. The van der Waals surface area contributed by atoms with Gasteiger partial charge in [-0.15, -0.1) is 0 Å². The smallest absolute Gasteiger partial charge is 0.343 e. The van der Waals surface area contributed by atoms with Crippen molar-refractivity contribution in [3.05, 3.63) is 75.0 Å². The van der Waals surface area contributed by atoms with Crippen molar-refractivity contribution in [3.8, 4) is 5.75 Å². The molecule has 31 heavy (non-hydrogen) atoms. The molecule has 0 amide bonds. The Morgan fingerprint density at radius 2 is 1.81 bits per heavy atom. The van der Waals surface area contributed by atoms with Gasteiger partial charge in [0.05, 0.1) is 17.2 Å². The lowest BCUT2D eigenvalue weighted by atomic mass is 9.94. The SMILES string of the molecule is CCC(NC(C)(C)C)C(O)c1ccc(OC(=O)c2ccc(Cl)cc2)c2[nH]c(=O)ccc12. The summed E-state index contributed by atoms with van der Waals surface area (Å²) >= 11 is 5.88. The molecule has 0 fully saturated rings. The largest absolute Gasteiger partial charge is 0.421 e. The van der Waals surface area contributed by atoms with E-state index in [-0.39, 0.29) is 22.9 Å². The highest BCUT2D eigenvalue weighted by Gasteiger charge is 2.26. The summed E-state index contributed by atoms with van der Waals surface area (Å²) in [7, 11) is 0. The third-order valence-electron chi connectivity index (χ3n) is 4.93. The lowest BCUT2D eigenvalue weighted by Gasteiger charge is -2.32. The molecule has 1 aromatic heterocycles. The minimum absolute atomic E-state index is 0.181. The van der Waals surface area contributed by atoms with E-state index in [2.05, 4.69) is 10.3 Å². The molecule has 0 saturated heterocycles. The number of aromatic nitrogens is 1. The van der Waals surface area contributed by atoms with Gasteiger partial charge >= 0.3 is 5.97 Å². The monoisotopic (exact) mass is 442 g/mol. The summed E-state index contributed by atoms with van der Waals surface area (Å²) in [5, 5.41) is 15.7. The van der Waals surface area contributed by atoms with Gasteiger partial charge in [-0.1, -0.05) is 24.6 Å². The molecule has 0 aliphatic heterocycles. The fraction of sp³-hybridized carbons (Fsp3) is 0.333. The van der Waals surface area contributed by atoms with Gasteiger partial charge in [-0.3, -0.25) is 4.79 Å². The average molecular weight is 443 g/mol. The van der Waals surface area contributed by atoms with Crippen LogP contribution in [0.1, 0.15) is 56.1 Å². The van der Waals surface area contributed by atoms with Crippen LogP contribution < -0.4 is 15.6 Å². The molecule has 6 nitrogen and oxygen atoms in total. The number of hydrogen-bond acceptors (Lipinski definition) is 5. The first-order valence-electron chi connectivity index (χ1n) is 10.2. The number of carbonyl (C=O) groups excluding carboxylic acids is 1. The Hall–Kier alpha value is -2.67. The number of H-pyrrole nitrogens is 1. The van der Waals surface area contributed by atoms with E-state index in [1.54, 1.807) is 42.5 Å². The molecule has 0 aliphatic rings. The molecule has 7 heteroatoms. The number of aliphatic hydroxyl groups excluding tert-OH is 1. The lowest BCUT2D eigenvalue weighted by Crippen LogP contribution is -2.46. The molecule has 1 heterocycles. The number of carbonyl (C=O) groups is 1. The standard InChI is InChI=1S/C24H27ClN2O4/c1-5-18(27-24(2,3)4)22(29)17-10-12-19(21-16(17)11-13-20(28)26-21)31-23(30)14-6-8-15(25)9-7-14/h6-13,18,22,27,29H,5H2,1-4H3,(H,26,28). The second-order valence-electron chi connectivity index (χ2n) is 8.51. The van der Waals surface area contributed by atoms with Crippen molar-refractivity contribution in [1.29, 1.82) is 0 Å². The predicted octanol–water partition coefficient (Wildman–Crippen LogP) is 4.60. The van der Waals surface area contributed by atoms with Crippen molar-refractivity contribution in [3.63, 3.8) is 0 Å². The molecule has 0 bridgehead atoms. The Kier molecular flexibility index (Phi) is 6.84. The lowest BCUT2D eigenvalue weighted by molar-refractivity contribution is 0.0736. The van der Waals surface area contributed by atoms with E-state index < -0.39 is 12.1 Å². The molecule has 0 radical (unpaired) electrons. The van der Waals surface area contributed by atoms with Gasteiger partial charge < -0.3 is 20.1 Å². The van der Waals surface area contributed by atoms with Crippen LogP contribution in [-0.2, 0) is 0 Å². The molecule has 0 saturated carbocycles. The highest BCUT2D eigenvalue weighted by atomic mass is 35.5. The zero-order valence-corrected chi connectivity index (χ0v) is 18.8. The molecule has 3 rings (SSSR count). The number of esters is 1. The summed E-state index contributed by atoms with van der Waals surface area (Å²) in [4.78, 5) is 27.3. The molecule has 0 aliphatic carbocycles. The van der Waals surface area contributed by atoms with Gasteiger partial charge in [0.25, 0.3) is 0 Å². The molecule has 2 atom stereocenters. The van der Waals surface area contributed by atoms with Crippen LogP contribution in [0.4, 0.5) is 0 Å². The van der Waals surface area contributed by atoms with Gasteiger partial charge in [0, 0.05) is 28.1 Å². The molecule has 2 aromatic carbocycles. The number of pyridine rings is 1. The maximum absolute atomic E-state index is 12.6. The van der Waals surface area contributed by atoms with Crippen molar-refractivity contribution < 1.29 is 14.6 Å². The quantitative estimate of drug-likeness (QED) is 0.383. The normalized spacial score (nSPS) is 13.7. The van der Waals surface area contributed by atoms with Crippen LogP contribution in [-0.4, -0.2) is 27.6 Å². The first-order chi connectivity index (χ1) is 14.6. The number of nitrogens with one attached hydrogen (secondary N) is 2. The average Bonchev–Trinajstić information content (AvgIpc) is 2.71. The minimum atomic E-state index is -0.821. The first kappa shape index (κ1) is 23.0. The van der Waals surface area contributed by atoms with E-state index in [4.69, 9.17) is 16.3 Å². The number of hydrogen-bond donors (Lipinski definition) is 3. The number of aromatic amines is 1. The van der Waals surface area contributed by atoms with Crippen molar-refractivity contribution in [2.45, 2.75) is 51.8 Å². The molecule has 3 aromatic rings. The number of halogens is 1. The fourth-order valence-electron chi connectivity index (χ4n) is 3.51. The van der Waals surface area contributed by atoms with Crippen LogP contribution in [0.2, 0.25) is 5.02 Å². The van der Waals surface area contributed by atoms with Crippen LogP contribution in [0.15, 0.2) is 53.3 Å². The zero-order valence-electron chi connectivity index (χ0n) is 18.0. The number of aliphatic hydroxyl groups is 1. The van der Waals surface area contributed by atoms with E-state index in [1.165, 1.54) is 6.07 Å². The van der Waals surface area contributed by atoms with Gasteiger partial charge in [0.1, 0.15) is 0 Å². The van der Waals surface area contributed by atoms with Crippen LogP contribution >= 0.6 is 11.6 Å². The van der Waals surface area contributed by atoms with Crippen molar-refractivity contribution in [2.24, 2.45) is 0 Å². The van der Waals surface area contributed by atoms with Crippen LogP contribution in [0.3, 0.4) is 0 Å². The molecular weight excluding hydrogens is 416 g/mol. The Morgan fingerprint density at radius 3 is 2.42 bits per heavy atom. The van der Waals surface area contributed by atoms with E-state index in [9.17, 15) is 14.7 Å². The van der Waals surface area contributed by atoms with E-state index in [1.807, 2.05) is 27.7 Å². The third-order valence-corrected chi connectivity index (χ3v) is 5.18. The summed E-state index contributed by atoms with van der Waals surface area (Å²) < 4.78 is 5.56. The minimum Gasteiger partial charge on any atom is -0.421 e. The second kappa shape index (κ2) is 9.22. The summed E-state index contributed by atoms with van der Waals surface area (Å²) in [6.07, 6.45) is -0.116. The number of rotatable bonds is 6. The highest BCUT2D eigenvalue weighted by molar-refractivity contribution is 6.30. The van der Waals surface area contributed by atoms with Gasteiger partial charge in [-0.05, 0) is 69.2 Å². The molecule has 2 unspecified atom stereocenters. The highest BCUT2D eigenvalue weighted by Crippen LogP contribution is 2.32. The first-order valence-corrected chi connectivity index (χ1v) is 10.6. The van der Waals surface area contributed by atoms with E-state index >= 15 is 0 Å². The van der Waals surface area contributed by atoms with Gasteiger partial charge in [-0.2, -0.15) is 0 Å². The van der Waals surface area contributed by atoms with Gasteiger partial charge in [0.2, 0.25) is 5.56 Å². The van der Waals surface area contributed by atoms with Crippen LogP contribution in [0.5, 0.6) is 5.75 Å². The number of benzene rings is 2. The zero-order chi connectivity index (χ0) is 22.8. The molecule has 0 spiro atoms. The summed E-state index contributed by atoms with van der Waals surface area (Å²) in [6.45, 7) is 8.12. The fourth-order valence-corrected chi connectivity index (χ4v) is 3.64.